The lowest BCUT2D eigenvalue weighted by molar-refractivity contribution is -0.133. The van der Waals surface area contributed by atoms with E-state index in [4.69, 9.17) is 4.42 Å². The van der Waals surface area contributed by atoms with Gasteiger partial charge in [0.1, 0.15) is 11.6 Å². The van der Waals surface area contributed by atoms with Crippen LogP contribution in [-0.2, 0) is 4.79 Å². The van der Waals surface area contributed by atoms with Gasteiger partial charge in [0.25, 0.3) is 11.9 Å². The average Bonchev–Trinajstić information content (AvgIpc) is 3.16. The number of piperazine rings is 1. The predicted octanol–water partition coefficient (Wildman–Crippen LogP) is 1.71. The van der Waals surface area contributed by atoms with E-state index in [1.807, 2.05) is 31.0 Å². The van der Waals surface area contributed by atoms with Crippen LogP contribution in [0, 0.1) is 5.92 Å². The number of carbonyl (C=O) groups excluding carboxylic acids is 2. The van der Waals surface area contributed by atoms with Crippen molar-refractivity contribution in [2.24, 2.45) is 5.92 Å². The third-order valence-corrected chi connectivity index (χ3v) is 7.01. The maximum Gasteiger partial charge on any atom is 0.299 e. The fraction of sp³-hybridized carbons (Fsp3) is 0.591. The van der Waals surface area contributed by atoms with Crippen LogP contribution in [0.1, 0.15) is 37.0 Å². The van der Waals surface area contributed by atoms with Crippen LogP contribution in [0.4, 0.5) is 6.01 Å². The monoisotopic (exact) mass is 411 g/mol. The van der Waals surface area contributed by atoms with E-state index in [9.17, 15) is 9.59 Å². The Balaban J connectivity index is 1.43. The second-order valence-electron chi connectivity index (χ2n) is 9.02. The molecule has 5 heterocycles. The smallest absolute Gasteiger partial charge is 0.299 e. The van der Waals surface area contributed by atoms with Crippen LogP contribution in [0.3, 0.4) is 0 Å². The second-order valence-corrected chi connectivity index (χ2v) is 9.02. The van der Waals surface area contributed by atoms with Crippen molar-refractivity contribution in [2.75, 3.05) is 38.1 Å². The SMILES string of the molecule is CC1CN(C)C(=O)C(C)N1c1nc2c(C(=O)NC3CN4CCC3CC4)cccc2o1. The van der Waals surface area contributed by atoms with Crippen molar-refractivity contribution in [3.8, 4) is 0 Å². The number of para-hydroxylation sites is 1. The molecule has 160 valence electrons. The largest absolute Gasteiger partial charge is 0.423 e. The number of piperidine rings is 3. The summed E-state index contributed by atoms with van der Waals surface area (Å²) in [6.45, 7) is 7.72. The van der Waals surface area contributed by atoms with Crippen LogP contribution in [-0.4, -0.2) is 78.0 Å². The third kappa shape index (κ3) is 3.14. The number of fused-ring (bicyclic) bond motifs is 4. The van der Waals surface area contributed by atoms with E-state index < -0.39 is 0 Å². The molecule has 3 atom stereocenters. The minimum atomic E-state index is -0.365. The zero-order valence-electron chi connectivity index (χ0n) is 17.8. The summed E-state index contributed by atoms with van der Waals surface area (Å²) >= 11 is 0. The van der Waals surface area contributed by atoms with Gasteiger partial charge in [-0.15, -0.1) is 0 Å². The number of nitrogens with zero attached hydrogens (tertiary/aromatic N) is 4. The third-order valence-electron chi connectivity index (χ3n) is 7.01. The number of rotatable bonds is 3. The van der Waals surface area contributed by atoms with E-state index >= 15 is 0 Å². The van der Waals surface area contributed by atoms with Gasteiger partial charge in [-0.05, 0) is 57.8 Å². The zero-order chi connectivity index (χ0) is 21.0. The van der Waals surface area contributed by atoms with Crippen molar-refractivity contribution in [3.05, 3.63) is 23.8 Å². The van der Waals surface area contributed by atoms with Gasteiger partial charge in [0.15, 0.2) is 5.58 Å². The molecule has 0 spiro atoms. The first-order chi connectivity index (χ1) is 14.4. The number of amides is 2. The molecule has 0 saturated carbocycles. The summed E-state index contributed by atoms with van der Waals surface area (Å²) in [4.78, 5) is 36.4. The number of aromatic nitrogens is 1. The van der Waals surface area contributed by atoms with Crippen molar-refractivity contribution >= 4 is 28.9 Å². The average molecular weight is 412 g/mol. The van der Waals surface area contributed by atoms with Crippen LogP contribution in [0.2, 0.25) is 0 Å². The zero-order valence-corrected chi connectivity index (χ0v) is 17.8. The molecule has 4 aliphatic rings. The molecule has 6 rings (SSSR count). The highest BCUT2D eigenvalue weighted by Gasteiger charge is 2.38. The molecule has 4 fully saturated rings. The Morgan fingerprint density at radius 1 is 1.20 bits per heavy atom. The molecule has 0 aliphatic carbocycles. The Kier molecular flexibility index (Phi) is 4.69. The van der Waals surface area contributed by atoms with Crippen molar-refractivity contribution in [1.29, 1.82) is 0 Å². The quantitative estimate of drug-likeness (QED) is 0.828. The molecule has 0 radical (unpaired) electrons. The number of nitrogens with one attached hydrogen (secondary N) is 1. The topological polar surface area (TPSA) is 81.9 Å². The van der Waals surface area contributed by atoms with Crippen molar-refractivity contribution in [2.45, 2.75) is 44.8 Å². The summed E-state index contributed by atoms with van der Waals surface area (Å²) < 4.78 is 6.02. The van der Waals surface area contributed by atoms with Crippen molar-refractivity contribution in [3.63, 3.8) is 0 Å². The lowest BCUT2D eigenvalue weighted by atomic mass is 9.84. The second kappa shape index (κ2) is 7.27. The first kappa shape index (κ1) is 19.4. The lowest BCUT2D eigenvalue weighted by Crippen LogP contribution is -2.59. The number of oxazole rings is 1. The molecule has 4 saturated heterocycles. The Morgan fingerprint density at radius 3 is 2.67 bits per heavy atom. The summed E-state index contributed by atoms with van der Waals surface area (Å²) in [6.07, 6.45) is 2.30. The first-order valence-corrected chi connectivity index (χ1v) is 10.9. The van der Waals surface area contributed by atoms with Crippen LogP contribution >= 0.6 is 0 Å². The molecule has 8 nitrogen and oxygen atoms in total. The number of likely N-dealkylation sites (N-methyl/N-ethyl adjacent to an activating group) is 1. The molecule has 2 bridgehead atoms. The first-order valence-electron chi connectivity index (χ1n) is 10.9. The van der Waals surface area contributed by atoms with Gasteiger partial charge in [-0.3, -0.25) is 9.59 Å². The van der Waals surface area contributed by atoms with Gasteiger partial charge < -0.3 is 24.4 Å². The van der Waals surface area contributed by atoms with Gasteiger partial charge >= 0.3 is 0 Å². The maximum atomic E-state index is 13.1. The van der Waals surface area contributed by atoms with Crippen LogP contribution in [0.25, 0.3) is 11.1 Å². The molecule has 3 unspecified atom stereocenters. The standard InChI is InChI=1S/C22H29N5O3/c1-13-11-25(3)21(29)14(2)27(13)22-24-19-16(5-4-6-18(19)30-22)20(28)23-17-12-26-9-7-15(17)8-10-26/h4-6,13-15,17H,7-12H2,1-3H3,(H,23,28). The number of anilines is 1. The number of carbonyl (C=O) groups is 2. The van der Waals surface area contributed by atoms with Gasteiger partial charge in [-0.1, -0.05) is 6.07 Å². The Hall–Kier alpha value is -2.61. The summed E-state index contributed by atoms with van der Waals surface area (Å²) in [5, 5.41) is 3.24. The van der Waals surface area contributed by atoms with Gasteiger partial charge in [-0.25, -0.2) is 0 Å². The van der Waals surface area contributed by atoms with Crippen molar-refractivity contribution < 1.29 is 14.0 Å². The molecule has 1 N–H and O–H groups in total. The van der Waals surface area contributed by atoms with E-state index in [0.717, 1.165) is 32.5 Å². The van der Waals surface area contributed by atoms with E-state index in [0.29, 0.717) is 35.1 Å². The molecule has 30 heavy (non-hydrogen) atoms. The highest BCUT2D eigenvalue weighted by atomic mass is 16.4. The van der Waals surface area contributed by atoms with Crippen LogP contribution in [0.15, 0.2) is 22.6 Å². The molecule has 2 aromatic rings. The number of hydrogen-bond acceptors (Lipinski definition) is 6. The number of hydrogen-bond donors (Lipinski definition) is 1. The highest BCUT2D eigenvalue weighted by molar-refractivity contribution is 6.05. The normalized spacial score (nSPS) is 31.4. The Morgan fingerprint density at radius 2 is 1.97 bits per heavy atom. The predicted molar refractivity (Wildman–Crippen MR) is 113 cm³/mol. The molecular formula is C22H29N5O3. The van der Waals surface area contributed by atoms with Gasteiger partial charge in [0.05, 0.1) is 5.56 Å². The molecule has 2 amide bonds. The molecule has 1 aromatic carbocycles. The molecule has 4 aliphatic heterocycles. The summed E-state index contributed by atoms with van der Waals surface area (Å²) in [7, 11) is 1.82. The van der Waals surface area contributed by atoms with Crippen molar-refractivity contribution in [1.82, 2.24) is 20.1 Å². The molecular weight excluding hydrogens is 382 g/mol. The Labute approximate surface area is 176 Å². The fourth-order valence-electron chi connectivity index (χ4n) is 5.35. The maximum absolute atomic E-state index is 13.1. The highest BCUT2D eigenvalue weighted by Crippen LogP contribution is 2.31. The van der Waals surface area contributed by atoms with E-state index in [2.05, 4.69) is 22.1 Å². The van der Waals surface area contributed by atoms with Gasteiger partial charge in [0.2, 0.25) is 5.91 Å². The summed E-state index contributed by atoms with van der Waals surface area (Å²) in [5.74, 6) is 0.495. The summed E-state index contributed by atoms with van der Waals surface area (Å²) in [6, 6.07) is 5.74. The van der Waals surface area contributed by atoms with E-state index in [1.54, 1.807) is 11.0 Å². The molecule has 8 heteroatoms. The summed E-state index contributed by atoms with van der Waals surface area (Å²) in [5.41, 5.74) is 1.65. The minimum Gasteiger partial charge on any atom is -0.423 e. The van der Waals surface area contributed by atoms with Gasteiger partial charge in [-0.2, -0.15) is 4.98 Å². The molecule has 1 aromatic heterocycles. The van der Waals surface area contributed by atoms with Crippen LogP contribution < -0.4 is 10.2 Å². The fourth-order valence-corrected chi connectivity index (χ4v) is 5.35. The van der Waals surface area contributed by atoms with E-state index in [-0.39, 0.29) is 29.9 Å². The van der Waals surface area contributed by atoms with Crippen LogP contribution in [0.5, 0.6) is 0 Å². The lowest BCUT2D eigenvalue weighted by Gasteiger charge is -2.44. The Bertz CT molecular complexity index is 980. The van der Waals surface area contributed by atoms with Gasteiger partial charge in [0, 0.05) is 32.2 Å². The van der Waals surface area contributed by atoms with E-state index in [1.165, 1.54) is 0 Å². The number of benzene rings is 1. The minimum absolute atomic E-state index is 0.0377.